The van der Waals surface area contributed by atoms with Gasteiger partial charge in [-0.2, -0.15) is 0 Å². The Labute approximate surface area is 80.4 Å². The summed E-state index contributed by atoms with van der Waals surface area (Å²) in [6, 6.07) is 0. The molecule has 1 aliphatic rings. The third-order valence-electron chi connectivity index (χ3n) is 1.88. The van der Waals surface area contributed by atoms with E-state index in [2.05, 4.69) is 0 Å². The number of epoxide rings is 1. The van der Waals surface area contributed by atoms with Crippen molar-refractivity contribution in [3.8, 4) is 0 Å². The molecule has 1 fully saturated rings. The molecule has 0 aromatic carbocycles. The summed E-state index contributed by atoms with van der Waals surface area (Å²) in [6.07, 6.45) is 1.11. The number of ether oxygens (including phenoxy) is 3. The highest BCUT2D eigenvalue weighted by atomic mass is 16.6. The molecule has 1 rings (SSSR count). The summed E-state index contributed by atoms with van der Waals surface area (Å²) < 4.78 is 16.2. The van der Waals surface area contributed by atoms with Gasteiger partial charge < -0.3 is 14.2 Å². The van der Waals surface area contributed by atoms with Crippen molar-refractivity contribution < 1.29 is 14.2 Å². The van der Waals surface area contributed by atoms with Crippen LogP contribution >= 0.6 is 0 Å². The smallest absolute Gasteiger partial charge is 0.110 e. The Bertz CT molecular complexity index is 129. The van der Waals surface area contributed by atoms with Crippen LogP contribution in [0.25, 0.3) is 0 Å². The van der Waals surface area contributed by atoms with Crippen LogP contribution in [0.3, 0.4) is 0 Å². The molecule has 0 amide bonds. The molecule has 2 unspecified atom stereocenters. The lowest BCUT2D eigenvalue weighted by atomic mass is 10.3. The summed E-state index contributed by atoms with van der Waals surface area (Å²) in [4.78, 5) is 0. The van der Waals surface area contributed by atoms with Gasteiger partial charge in [0, 0.05) is 0 Å². The Morgan fingerprint density at radius 1 is 0.923 bits per heavy atom. The van der Waals surface area contributed by atoms with Gasteiger partial charge in [0.2, 0.25) is 0 Å². The normalized spacial score (nSPS) is 27.2. The highest BCUT2D eigenvalue weighted by Gasteiger charge is 2.39. The molecule has 0 spiro atoms. The van der Waals surface area contributed by atoms with E-state index in [0.717, 1.165) is 0 Å². The Morgan fingerprint density at radius 3 is 1.62 bits per heavy atom. The Kier molecular flexibility index (Phi) is 4.16. The number of hydrogen-bond acceptors (Lipinski definition) is 3. The zero-order chi connectivity index (χ0) is 9.84. The minimum absolute atomic E-state index is 0.265. The van der Waals surface area contributed by atoms with E-state index in [1.807, 2.05) is 27.7 Å². The topological polar surface area (TPSA) is 31.0 Å². The summed E-state index contributed by atoms with van der Waals surface area (Å²) in [5, 5.41) is 0. The van der Waals surface area contributed by atoms with E-state index in [1.165, 1.54) is 0 Å². The van der Waals surface area contributed by atoms with Crippen LogP contribution in [-0.2, 0) is 14.2 Å². The zero-order valence-electron chi connectivity index (χ0n) is 8.95. The van der Waals surface area contributed by atoms with Crippen molar-refractivity contribution in [2.24, 2.45) is 0 Å². The molecule has 0 aliphatic carbocycles. The second kappa shape index (κ2) is 4.94. The summed E-state index contributed by atoms with van der Waals surface area (Å²) in [5.74, 6) is 0. The van der Waals surface area contributed by atoms with Gasteiger partial charge >= 0.3 is 0 Å². The number of hydrogen-bond donors (Lipinski definition) is 0. The first-order valence-corrected chi connectivity index (χ1v) is 4.98. The third kappa shape index (κ3) is 4.60. The maximum atomic E-state index is 5.42. The van der Waals surface area contributed by atoms with Gasteiger partial charge in [-0.1, -0.05) is 0 Å². The fourth-order valence-corrected chi connectivity index (χ4v) is 1.05. The predicted octanol–water partition coefficient (Wildman–Crippen LogP) is 1.60. The van der Waals surface area contributed by atoms with Crippen molar-refractivity contribution in [2.45, 2.75) is 52.1 Å². The van der Waals surface area contributed by atoms with Crippen LogP contribution in [0.4, 0.5) is 0 Å². The monoisotopic (exact) mass is 188 g/mol. The van der Waals surface area contributed by atoms with E-state index in [1.54, 1.807) is 0 Å². The van der Waals surface area contributed by atoms with E-state index < -0.39 is 0 Å². The lowest BCUT2D eigenvalue weighted by Crippen LogP contribution is -2.14. The second-order valence-corrected chi connectivity index (χ2v) is 3.98. The Balaban J connectivity index is 1.96. The van der Waals surface area contributed by atoms with Gasteiger partial charge in [-0.25, -0.2) is 0 Å². The average Bonchev–Trinajstić information content (AvgIpc) is 2.76. The van der Waals surface area contributed by atoms with Crippen LogP contribution in [0.5, 0.6) is 0 Å². The first kappa shape index (κ1) is 11.0. The molecule has 1 saturated heterocycles. The number of rotatable bonds is 6. The Hall–Kier alpha value is -0.120. The van der Waals surface area contributed by atoms with E-state index in [0.29, 0.717) is 13.2 Å². The predicted molar refractivity (Wildman–Crippen MR) is 50.8 cm³/mol. The highest BCUT2D eigenvalue weighted by Crippen LogP contribution is 2.23. The molecule has 0 bridgehead atoms. The molecule has 0 aromatic heterocycles. The second-order valence-electron chi connectivity index (χ2n) is 3.98. The SMILES string of the molecule is CC(C)OCC1OC1COC(C)C. The van der Waals surface area contributed by atoms with Crippen LogP contribution in [0.1, 0.15) is 27.7 Å². The molecular formula is C10H20O3. The van der Waals surface area contributed by atoms with Gasteiger partial charge in [0.05, 0.1) is 25.4 Å². The first-order chi connectivity index (χ1) is 6.09. The molecule has 0 saturated carbocycles. The Morgan fingerprint density at radius 2 is 1.31 bits per heavy atom. The fourth-order valence-electron chi connectivity index (χ4n) is 1.05. The van der Waals surface area contributed by atoms with Crippen molar-refractivity contribution in [3.05, 3.63) is 0 Å². The molecule has 78 valence electrons. The quantitative estimate of drug-likeness (QED) is 0.593. The molecule has 1 heterocycles. The lowest BCUT2D eigenvalue weighted by molar-refractivity contribution is 0.0652. The van der Waals surface area contributed by atoms with Crippen molar-refractivity contribution in [3.63, 3.8) is 0 Å². The maximum absolute atomic E-state index is 5.42. The first-order valence-electron chi connectivity index (χ1n) is 4.98. The van der Waals surface area contributed by atoms with E-state index in [4.69, 9.17) is 14.2 Å². The lowest BCUT2D eigenvalue weighted by Gasteiger charge is -2.06. The molecule has 3 heteroatoms. The van der Waals surface area contributed by atoms with Crippen molar-refractivity contribution in [2.75, 3.05) is 13.2 Å². The maximum Gasteiger partial charge on any atom is 0.110 e. The van der Waals surface area contributed by atoms with E-state index >= 15 is 0 Å². The minimum atomic E-state index is 0.265. The fraction of sp³-hybridized carbons (Fsp3) is 1.00. The molecule has 1 aliphatic heterocycles. The molecule has 0 N–H and O–H groups in total. The third-order valence-corrected chi connectivity index (χ3v) is 1.88. The molecule has 2 atom stereocenters. The largest absolute Gasteiger partial charge is 0.376 e. The van der Waals surface area contributed by atoms with E-state index in [-0.39, 0.29) is 24.4 Å². The van der Waals surface area contributed by atoms with Crippen molar-refractivity contribution in [1.82, 2.24) is 0 Å². The van der Waals surface area contributed by atoms with Gasteiger partial charge in [0.1, 0.15) is 12.2 Å². The van der Waals surface area contributed by atoms with Crippen LogP contribution < -0.4 is 0 Å². The molecular weight excluding hydrogens is 168 g/mol. The molecule has 0 radical (unpaired) electrons. The van der Waals surface area contributed by atoms with Crippen molar-refractivity contribution in [1.29, 1.82) is 0 Å². The average molecular weight is 188 g/mol. The summed E-state index contributed by atoms with van der Waals surface area (Å²) in [5.41, 5.74) is 0. The van der Waals surface area contributed by atoms with E-state index in [9.17, 15) is 0 Å². The van der Waals surface area contributed by atoms with Crippen LogP contribution in [0, 0.1) is 0 Å². The zero-order valence-corrected chi connectivity index (χ0v) is 8.95. The van der Waals surface area contributed by atoms with Crippen LogP contribution in [0.15, 0.2) is 0 Å². The standard InChI is InChI=1S/C10H20O3/c1-7(2)11-5-9-10(13-9)6-12-8(3)4/h7-10H,5-6H2,1-4H3. The molecule has 0 aromatic rings. The van der Waals surface area contributed by atoms with Gasteiger partial charge in [-0.3, -0.25) is 0 Å². The van der Waals surface area contributed by atoms with Gasteiger partial charge in [-0.15, -0.1) is 0 Å². The van der Waals surface area contributed by atoms with Gasteiger partial charge in [0.15, 0.2) is 0 Å². The summed E-state index contributed by atoms with van der Waals surface area (Å²) in [7, 11) is 0. The van der Waals surface area contributed by atoms with Gasteiger partial charge in [0.25, 0.3) is 0 Å². The van der Waals surface area contributed by atoms with Crippen LogP contribution in [-0.4, -0.2) is 37.6 Å². The molecule has 3 nitrogen and oxygen atoms in total. The minimum Gasteiger partial charge on any atom is -0.376 e. The van der Waals surface area contributed by atoms with Gasteiger partial charge in [-0.05, 0) is 27.7 Å². The summed E-state index contributed by atoms with van der Waals surface area (Å²) >= 11 is 0. The summed E-state index contributed by atoms with van der Waals surface area (Å²) in [6.45, 7) is 9.52. The van der Waals surface area contributed by atoms with Crippen LogP contribution in [0.2, 0.25) is 0 Å². The highest BCUT2D eigenvalue weighted by molar-refractivity contribution is 4.84. The van der Waals surface area contributed by atoms with Crippen molar-refractivity contribution >= 4 is 0 Å². The molecule has 13 heavy (non-hydrogen) atoms.